The van der Waals surface area contributed by atoms with Gasteiger partial charge in [-0.3, -0.25) is 14.7 Å². The standard InChI is InChI=1S/C24H28N4O/c1-18-23(19-11-5-4-6-12-19)24(26-21-14-8-7-13-20(21)25-18)27-22(29)17-28-15-9-2-3-10-16-28/h4-8,11-14,23H,2-3,9-10,15-17H2,1H3,(H,26,27,29)/t23-/m0/s1. The Kier molecular flexibility index (Phi) is 6.15. The smallest absolute Gasteiger partial charge is 0.239 e. The van der Waals surface area contributed by atoms with Gasteiger partial charge in [0.25, 0.3) is 0 Å². The van der Waals surface area contributed by atoms with Gasteiger partial charge in [0.05, 0.1) is 23.8 Å². The molecule has 2 aliphatic rings. The van der Waals surface area contributed by atoms with E-state index >= 15 is 0 Å². The zero-order valence-corrected chi connectivity index (χ0v) is 17.0. The minimum Gasteiger partial charge on any atom is -0.312 e. The zero-order valence-electron chi connectivity index (χ0n) is 17.0. The van der Waals surface area contributed by atoms with Crippen LogP contribution in [0.15, 0.2) is 64.6 Å². The maximum Gasteiger partial charge on any atom is 0.239 e. The van der Waals surface area contributed by atoms with Crippen molar-refractivity contribution in [3.8, 4) is 0 Å². The number of carbonyl (C=O) groups is 1. The average molecular weight is 389 g/mol. The van der Waals surface area contributed by atoms with E-state index in [9.17, 15) is 4.79 Å². The Labute approximate surface area is 172 Å². The molecule has 5 heteroatoms. The minimum atomic E-state index is -0.170. The number of hydrogen-bond donors (Lipinski definition) is 1. The van der Waals surface area contributed by atoms with E-state index in [2.05, 4.69) is 22.3 Å². The van der Waals surface area contributed by atoms with Crippen LogP contribution in [0.25, 0.3) is 0 Å². The molecule has 1 saturated heterocycles. The molecule has 0 spiro atoms. The number of fused-ring (bicyclic) bond motifs is 1. The molecule has 5 nitrogen and oxygen atoms in total. The Morgan fingerprint density at radius 2 is 1.55 bits per heavy atom. The topological polar surface area (TPSA) is 57.1 Å². The summed E-state index contributed by atoms with van der Waals surface area (Å²) in [5.74, 6) is 0.484. The summed E-state index contributed by atoms with van der Waals surface area (Å²) in [6, 6.07) is 18.0. The van der Waals surface area contributed by atoms with E-state index in [4.69, 9.17) is 9.98 Å². The molecule has 1 fully saturated rings. The van der Waals surface area contributed by atoms with Crippen LogP contribution in [0.4, 0.5) is 11.4 Å². The van der Waals surface area contributed by atoms with Crippen molar-refractivity contribution >= 4 is 28.8 Å². The maximum atomic E-state index is 12.9. The minimum absolute atomic E-state index is 0.00115. The van der Waals surface area contributed by atoms with Gasteiger partial charge in [-0.05, 0) is 50.6 Å². The molecule has 29 heavy (non-hydrogen) atoms. The third kappa shape index (κ3) is 4.80. The first-order chi connectivity index (χ1) is 14.2. The lowest BCUT2D eigenvalue weighted by molar-refractivity contribution is -0.120. The second-order valence-corrected chi connectivity index (χ2v) is 7.82. The fraction of sp³-hybridized carbons (Fsp3) is 0.375. The van der Waals surface area contributed by atoms with Crippen molar-refractivity contribution in [2.24, 2.45) is 9.98 Å². The monoisotopic (exact) mass is 388 g/mol. The van der Waals surface area contributed by atoms with Gasteiger partial charge in [0.1, 0.15) is 5.84 Å². The summed E-state index contributed by atoms with van der Waals surface area (Å²) in [6.45, 7) is 4.41. The third-order valence-corrected chi connectivity index (χ3v) is 5.58. The number of benzene rings is 2. The number of amidine groups is 1. The molecule has 1 atom stereocenters. The van der Waals surface area contributed by atoms with Crippen LogP contribution in [0.1, 0.15) is 44.1 Å². The molecule has 2 heterocycles. The number of nitrogens with zero attached hydrogens (tertiary/aromatic N) is 3. The molecule has 1 amide bonds. The summed E-state index contributed by atoms with van der Waals surface area (Å²) < 4.78 is 0. The van der Waals surface area contributed by atoms with Gasteiger partial charge in [0, 0.05) is 5.71 Å². The van der Waals surface area contributed by atoms with Crippen molar-refractivity contribution in [3.05, 3.63) is 60.2 Å². The Balaban J connectivity index is 1.63. The summed E-state index contributed by atoms with van der Waals surface area (Å²) in [5, 5.41) is 3.14. The summed E-state index contributed by atoms with van der Waals surface area (Å²) in [5.41, 5.74) is 3.63. The molecule has 2 aromatic rings. The van der Waals surface area contributed by atoms with E-state index < -0.39 is 0 Å². The van der Waals surface area contributed by atoms with Gasteiger partial charge in [-0.15, -0.1) is 0 Å². The van der Waals surface area contributed by atoms with Gasteiger partial charge in [-0.25, -0.2) is 4.99 Å². The molecule has 0 radical (unpaired) electrons. The predicted octanol–water partition coefficient (Wildman–Crippen LogP) is 4.60. The first-order valence-electron chi connectivity index (χ1n) is 10.5. The number of hydrogen-bond acceptors (Lipinski definition) is 4. The molecule has 0 aromatic heterocycles. The number of likely N-dealkylation sites (tertiary alicyclic amines) is 1. The molecule has 2 aliphatic heterocycles. The van der Waals surface area contributed by atoms with Crippen LogP contribution in [0.3, 0.4) is 0 Å². The van der Waals surface area contributed by atoms with Crippen molar-refractivity contribution in [2.75, 3.05) is 19.6 Å². The van der Waals surface area contributed by atoms with Crippen LogP contribution in [-0.4, -0.2) is 42.0 Å². The van der Waals surface area contributed by atoms with Crippen LogP contribution in [0.2, 0.25) is 0 Å². The zero-order chi connectivity index (χ0) is 20.1. The lowest BCUT2D eigenvalue weighted by atomic mass is 9.93. The molecule has 150 valence electrons. The van der Waals surface area contributed by atoms with Crippen LogP contribution < -0.4 is 5.32 Å². The largest absolute Gasteiger partial charge is 0.312 e. The molecule has 0 unspecified atom stereocenters. The number of nitrogens with one attached hydrogen (secondary N) is 1. The van der Waals surface area contributed by atoms with Gasteiger partial charge in [0.15, 0.2) is 0 Å². The fourth-order valence-electron chi connectivity index (χ4n) is 4.12. The molecule has 0 aliphatic carbocycles. The first kappa shape index (κ1) is 19.5. The van der Waals surface area contributed by atoms with Crippen LogP contribution in [0, 0.1) is 0 Å². The van der Waals surface area contributed by atoms with Crippen molar-refractivity contribution < 1.29 is 4.79 Å². The molecular formula is C24H28N4O. The lowest BCUT2D eigenvalue weighted by Crippen LogP contribution is -2.43. The summed E-state index contributed by atoms with van der Waals surface area (Å²) in [4.78, 5) is 24.9. The predicted molar refractivity (Wildman–Crippen MR) is 119 cm³/mol. The van der Waals surface area contributed by atoms with E-state index in [0.717, 1.165) is 35.7 Å². The van der Waals surface area contributed by atoms with Crippen molar-refractivity contribution in [1.82, 2.24) is 10.2 Å². The SMILES string of the molecule is CC1=Nc2ccccc2N=C(NC(=O)CN2CCCCCC2)[C@@H]1c1ccccc1. The second kappa shape index (κ2) is 9.14. The first-order valence-corrected chi connectivity index (χ1v) is 10.5. The number of carbonyl (C=O) groups excluding carboxylic acids is 1. The normalized spacial score (nSPS) is 20.0. The Hall–Kier alpha value is -2.79. The highest BCUT2D eigenvalue weighted by Gasteiger charge is 2.26. The molecule has 0 saturated carbocycles. The van der Waals surface area contributed by atoms with Crippen LogP contribution in [0.5, 0.6) is 0 Å². The van der Waals surface area contributed by atoms with Gasteiger partial charge in [0.2, 0.25) is 5.91 Å². The van der Waals surface area contributed by atoms with E-state index in [-0.39, 0.29) is 11.8 Å². The third-order valence-electron chi connectivity index (χ3n) is 5.58. The average Bonchev–Trinajstić information content (AvgIpc) is 3.05. The number of rotatable bonds is 3. The highest BCUT2D eigenvalue weighted by Crippen LogP contribution is 2.34. The van der Waals surface area contributed by atoms with Crippen molar-refractivity contribution in [1.29, 1.82) is 0 Å². The Morgan fingerprint density at radius 1 is 0.931 bits per heavy atom. The van der Waals surface area contributed by atoms with E-state index in [1.54, 1.807) is 0 Å². The van der Waals surface area contributed by atoms with Gasteiger partial charge < -0.3 is 5.32 Å². The van der Waals surface area contributed by atoms with Crippen LogP contribution in [-0.2, 0) is 4.79 Å². The van der Waals surface area contributed by atoms with E-state index in [0.29, 0.717) is 12.4 Å². The number of aliphatic imine (C=N–C) groups is 2. The fourth-order valence-corrected chi connectivity index (χ4v) is 4.12. The molecule has 0 bridgehead atoms. The van der Waals surface area contributed by atoms with Gasteiger partial charge in [-0.2, -0.15) is 0 Å². The Bertz CT molecular complexity index is 911. The second-order valence-electron chi connectivity index (χ2n) is 7.82. The summed E-state index contributed by atoms with van der Waals surface area (Å²) in [7, 11) is 0. The maximum absolute atomic E-state index is 12.9. The molecule has 4 rings (SSSR count). The molecule has 1 N–H and O–H groups in total. The highest BCUT2D eigenvalue weighted by atomic mass is 16.2. The van der Waals surface area contributed by atoms with E-state index in [1.807, 2.05) is 49.4 Å². The van der Waals surface area contributed by atoms with Gasteiger partial charge >= 0.3 is 0 Å². The number of amides is 1. The van der Waals surface area contributed by atoms with Crippen molar-refractivity contribution in [3.63, 3.8) is 0 Å². The summed E-state index contributed by atoms with van der Waals surface area (Å²) >= 11 is 0. The van der Waals surface area contributed by atoms with Crippen LogP contribution >= 0.6 is 0 Å². The summed E-state index contributed by atoms with van der Waals surface area (Å²) in [6.07, 6.45) is 4.85. The van der Waals surface area contributed by atoms with Gasteiger partial charge in [-0.1, -0.05) is 55.3 Å². The highest BCUT2D eigenvalue weighted by molar-refractivity contribution is 6.17. The Morgan fingerprint density at radius 3 is 2.24 bits per heavy atom. The van der Waals surface area contributed by atoms with Crippen molar-refractivity contribution in [2.45, 2.75) is 38.5 Å². The quantitative estimate of drug-likeness (QED) is 0.835. The lowest BCUT2D eigenvalue weighted by Gasteiger charge is -2.22. The van der Waals surface area contributed by atoms with E-state index in [1.165, 1.54) is 25.7 Å². The molecular weight excluding hydrogens is 360 g/mol. The number of para-hydroxylation sites is 2. The molecule has 2 aromatic carbocycles.